The summed E-state index contributed by atoms with van der Waals surface area (Å²) >= 11 is 1.59. The van der Waals surface area contributed by atoms with E-state index in [1.807, 2.05) is 24.3 Å². The molecule has 1 aliphatic rings. The zero-order chi connectivity index (χ0) is 17.4. The molecule has 0 amide bonds. The van der Waals surface area contributed by atoms with Gasteiger partial charge in [0.25, 0.3) is 0 Å². The Morgan fingerprint density at radius 3 is 2.92 bits per heavy atom. The van der Waals surface area contributed by atoms with Crippen molar-refractivity contribution >= 4 is 28.3 Å². The van der Waals surface area contributed by atoms with Crippen LogP contribution in [0.15, 0.2) is 51.5 Å². The Balaban J connectivity index is 1.64. The molecule has 2 N–H and O–H groups in total. The van der Waals surface area contributed by atoms with Crippen molar-refractivity contribution in [2.24, 2.45) is 10.7 Å². The summed E-state index contributed by atoms with van der Waals surface area (Å²) in [7, 11) is 0.540. The summed E-state index contributed by atoms with van der Waals surface area (Å²) in [5, 5.41) is 9.72. The highest BCUT2D eigenvalue weighted by molar-refractivity contribution is 7.83. The van der Waals surface area contributed by atoms with Gasteiger partial charge >= 0.3 is 0 Å². The fourth-order valence-corrected chi connectivity index (χ4v) is 4.65. The van der Waals surface area contributed by atoms with Gasteiger partial charge in [0, 0.05) is 17.5 Å². The van der Waals surface area contributed by atoms with Crippen molar-refractivity contribution in [2.75, 3.05) is 12.8 Å². The summed E-state index contributed by atoms with van der Waals surface area (Å²) in [6.07, 6.45) is 1.31. The van der Waals surface area contributed by atoms with E-state index < -0.39 is 11.0 Å². The lowest BCUT2D eigenvalue weighted by molar-refractivity contribution is 0.568. The lowest BCUT2D eigenvalue weighted by Gasteiger charge is -2.25. The highest BCUT2D eigenvalue weighted by Gasteiger charge is 2.25. The number of aliphatic imine (C=N–C) groups is 1. The number of aromatic nitrogens is 2. The molecular weight excluding hydrogens is 358 g/mol. The zero-order valence-corrected chi connectivity index (χ0v) is 15.0. The molecule has 0 radical (unpaired) electrons. The Hall–Kier alpha value is -2.52. The molecule has 9 heteroatoms. The molecule has 2 atom stereocenters. The Bertz CT molecular complexity index is 951. The van der Waals surface area contributed by atoms with Gasteiger partial charge in [-0.05, 0) is 34.7 Å². The van der Waals surface area contributed by atoms with E-state index in [0.717, 1.165) is 21.6 Å². The van der Waals surface area contributed by atoms with Crippen LogP contribution >= 0.6 is 11.3 Å². The second-order valence-electron chi connectivity index (χ2n) is 5.55. The van der Waals surface area contributed by atoms with E-state index in [1.54, 1.807) is 18.4 Å². The highest BCUT2D eigenvalue weighted by atomic mass is 32.2. The smallest absolute Gasteiger partial charge is 0.247 e. The van der Waals surface area contributed by atoms with Crippen LogP contribution in [0, 0.1) is 0 Å². The van der Waals surface area contributed by atoms with E-state index in [0.29, 0.717) is 17.6 Å². The first-order chi connectivity index (χ1) is 12.1. The first-order valence-electron chi connectivity index (χ1n) is 7.52. The van der Waals surface area contributed by atoms with E-state index in [-0.39, 0.29) is 6.04 Å². The molecule has 3 heterocycles. The lowest BCUT2D eigenvalue weighted by atomic mass is 10.0. The van der Waals surface area contributed by atoms with Crippen molar-refractivity contribution in [1.82, 2.24) is 14.5 Å². The maximum absolute atomic E-state index is 12.1. The van der Waals surface area contributed by atoms with E-state index >= 15 is 0 Å². The molecular formula is C16H15N5O2S2. The Morgan fingerprint density at radius 2 is 2.16 bits per heavy atom. The molecule has 0 fully saturated rings. The Morgan fingerprint density at radius 1 is 1.32 bits per heavy atom. The topological polar surface area (TPSA) is 97.6 Å². The number of hydrogen-bond donors (Lipinski definition) is 1. The molecule has 1 aliphatic heterocycles. The molecule has 4 rings (SSSR count). The van der Waals surface area contributed by atoms with Crippen LogP contribution in [0.1, 0.15) is 10.9 Å². The number of thiophene rings is 1. The van der Waals surface area contributed by atoms with Crippen molar-refractivity contribution in [2.45, 2.75) is 6.04 Å². The van der Waals surface area contributed by atoms with E-state index in [2.05, 4.69) is 26.6 Å². The first kappa shape index (κ1) is 16.0. The maximum atomic E-state index is 12.1. The van der Waals surface area contributed by atoms with Gasteiger partial charge in [0.2, 0.25) is 18.2 Å². The summed E-state index contributed by atoms with van der Waals surface area (Å²) in [5.41, 5.74) is 8.83. The third-order valence-corrected chi connectivity index (χ3v) is 6.40. The van der Waals surface area contributed by atoms with Gasteiger partial charge in [0.1, 0.15) is 17.0 Å². The van der Waals surface area contributed by atoms with Gasteiger partial charge in [0.15, 0.2) is 0 Å². The van der Waals surface area contributed by atoms with Crippen LogP contribution in [0.3, 0.4) is 0 Å². The van der Waals surface area contributed by atoms with E-state index in [9.17, 15) is 4.21 Å². The van der Waals surface area contributed by atoms with Crippen LogP contribution < -0.4 is 5.73 Å². The quantitative estimate of drug-likeness (QED) is 0.760. The monoisotopic (exact) mass is 373 g/mol. The molecule has 2 unspecified atom stereocenters. The fraction of sp³-hybridized carbons (Fsp3) is 0.188. The summed E-state index contributed by atoms with van der Waals surface area (Å²) in [6, 6.07) is 9.80. The molecule has 3 aromatic rings. The molecule has 0 saturated heterocycles. The summed E-state index contributed by atoms with van der Waals surface area (Å²) in [4.78, 5) is 5.50. The van der Waals surface area contributed by atoms with Gasteiger partial charge in [-0.1, -0.05) is 12.1 Å². The lowest BCUT2D eigenvalue weighted by Crippen LogP contribution is -2.41. The minimum atomic E-state index is -1.15. The number of nitrogens with zero attached hydrogens (tertiary/aromatic N) is 4. The average Bonchev–Trinajstić information content (AvgIpc) is 3.31. The van der Waals surface area contributed by atoms with Crippen LogP contribution in [0.5, 0.6) is 0 Å². The Kier molecular flexibility index (Phi) is 4.10. The minimum absolute atomic E-state index is 0.171. The van der Waals surface area contributed by atoms with Crippen LogP contribution in [0.25, 0.3) is 22.6 Å². The minimum Gasteiger partial charge on any atom is -0.423 e. The highest BCUT2D eigenvalue weighted by Crippen LogP contribution is 2.34. The zero-order valence-electron chi connectivity index (χ0n) is 13.3. The molecule has 1 aromatic carbocycles. The standard InChI is InChI=1S/C16H15N5O2S2/c1-21-16(17)19-13(8-25(21)22)14-6-12(7-24-14)10-3-2-4-11(5-10)15-20-18-9-23-15/h2-7,9,13H,8H2,1H3,(H2,17,19). The van der Waals surface area contributed by atoms with Gasteiger partial charge in [-0.2, -0.15) is 0 Å². The van der Waals surface area contributed by atoms with Gasteiger partial charge in [-0.25, -0.2) is 9.20 Å². The molecule has 0 saturated carbocycles. The van der Waals surface area contributed by atoms with Crippen molar-refractivity contribution in [1.29, 1.82) is 0 Å². The number of guanidine groups is 1. The second kappa shape index (κ2) is 6.41. The van der Waals surface area contributed by atoms with Gasteiger partial charge < -0.3 is 10.2 Å². The molecule has 25 heavy (non-hydrogen) atoms. The predicted octanol–water partition coefficient (Wildman–Crippen LogP) is 2.43. The van der Waals surface area contributed by atoms with Gasteiger partial charge in [-0.15, -0.1) is 21.5 Å². The van der Waals surface area contributed by atoms with Gasteiger partial charge in [0.05, 0.1) is 5.75 Å². The van der Waals surface area contributed by atoms with Crippen molar-refractivity contribution in [3.63, 3.8) is 0 Å². The summed E-state index contributed by atoms with van der Waals surface area (Å²) < 4.78 is 18.9. The third-order valence-electron chi connectivity index (χ3n) is 3.97. The molecule has 0 bridgehead atoms. The molecule has 2 aromatic heterocycles. The first-order valence-corrected chi connectivity index (χ1v) is 9.68. The number of nitrogens with two attached hydrogens (primary N) is 1. The largest absolute Gasteiger partial charge is 0.423 e. The Labute approximate surface area is 150 Å². The third kappa shape index (κ3) is 3.08. The normalized spacial score (nSPS) is 20.5. The molecule has 0 spiro atoms. The second-order valence-corrected chi connectivity index (χ2v) is 8.02. The number of benzene rings is 1. The van der Waals surface area contributed by atoms with Crippen LogP contribution in [0.4, 0.5) is 0 Å². The van der Waals surface area contributed by atoms with Crippen LogP contribution in [0.2, 0.25) is 0 Å². The van der Waals surface area contributed by atoms with E-state index in [1.165, 1.54) is 10.7 Å². The summed E-state index contributed by atoms with van der Waals surface area (Å²) in [6.45, 7) is 0. The van der Waals surface area contributed by atoms with Crippen LogP contribution in [-0.4, -0.2) is 37.5 Å². The van der Waals surface area contributed by atoms with Gasteiger partial charge in [-0.3, -0.25) is 4.31 Å². The SMILES string of the molecule is CN1C(N)=NC(c2cc(-c3cccc(-c4nnco4)c3)cs2)CS1=O. The van der Waals surface area contributed by atoms with Crippen molar-refractivity contribution in [3.05, 3.63) is 47.0 Å². The molecule has 0 aliphatic carbocycles. The average molecular weight is 373 g/mol. The van der Waals surface area contributed by atoms with Crippen molar-refractivity contribution in [3.8, 4) is 22.6 Å². The number of rotatable bonds is 3. The maximum Gasteiger partial charge on any atom is 0.247 e. The fourth-order valence-electron chi connectivity index (χ4n) is 2.58. The van der Waals surface area contributed by atoms with E-state index in [4.69, 9.17) is 10.2 Å². The number of hydrogen-bond acceptors (Lipinski definition) is 7. The molecule has 7 nitrogen and oxygen atoms in total. The molecule has 128 valence electrons. The predicted molar refractivity (Wildman–Crippen MR) is 98.2 cm³/mol. The summed E-state index contributed by atoms with van der Waals surface area (Å²) in [5.74, 6) is 1.24. The van der Waals surface area contributed by atoms with Crippen molar-refractivity contribution < 1.29 is 8.63 Å². The van der Waals surface area contributed by atoms with Crippen LogP contribution in [-0.2, 0) is 11.0 Å².